The fourth-order valence-corrected chi connectivity index (χ4v) is 1.53. The molecule has 1 aromatic rings. The lowest BCUT2D eigenvalue weighted by molar-refractivity contribution is -0.117. The Morgan fingerprint density at radius 2 is 1.95 bits per heavy atom. The molecule has 1 aromatic carbocycles. The van der Waals surface area contributed by atoms with Gasteiger partial charge in [0.25, 0.3) is 0 Å². The largest absolute Gasteiger partial charge is 0.417 e. The van der Waals surface area contributed by atoms with Crippen molar-refractivity contribution >= 4 is 11.5 Å². The Morgan fingerprint density at radius 1 is 1.35 bits per heavy atom. The van der Waals surface area contributed by atoms with Crippen LogP contribution in [0.5, 0.6) is 0 Å². The summed E-state index contributed by atoms with van der Waals surface area (Å²) in [5, 5.41) is 11.3. The molecule has 1 unspecified atom stereocenters. The maximum atomic E-state index is 12.9. The number of amides is 1. The van der Waals surface area contributed by atoms with E-state index in [0.717, 1.165) is 0 Å². The van der Waals surface area contributed by atoms with E-state index in [2.05, 4.69) is 5.32 Å². The molecule has 1 atom stereocenters. The van der Waals surface area contributed by atoms with Gasteiger partial charge in [0.2, 0.25) is 5.91 Å². The van der Waals surface area contributed by atoms with Gasteiger partial charge in [0.1, 0.15) is 0 Å². The highest BCUT2D eigenvalue weighted by atomic mass is 19.4. The fourth-order valence-electron chi connectivity index (χ4n) is 1.53. The summed E-state index contributed by atoms with van der Waals surface area (Å²) in [6.45, 7) is 1.65. The standard InChI is InChI=1S/C14H16F3NO2/c1-10(19)7-8-18-13(20)9-12(14(15,16)17)11-5-3-2-4-6-11/h2-6,9-10,19H,7-8H2,1H3,(H,18,20). The number of rotatable bonds is 5. The molecule has 1 rings (SSSR count). The molecule has 0 saturated carbocycles. The van der Waals surface area contributed by atoms with Crippen molar-refractivity contribution in [2.45, 2.75) is 25.6 Å². The molecule has 0 radical (unpaired) electrons. The van der Waals surface area contributed by atoms with Gasteiger partial charge in [0, 0.05) is 12.6 Å². The zero-order chi connectivity index (χ0) is 15.2. The normalized spacial score (nSPS) is 13.9. The maximum Gasteiger partial charge on any atom is 0.417 e. The topological polar surface area (TPSA) is 49.3 Å². The Labute approximate surface area is 115 Å². The first kappa shape index (κ1) is 16.2. The third-order valence-electron chi connectivity index (χ3n) is 2.53. The van der Waals surface area contributed by atoms with Gasteiger partial charge in [-0.1, -0.05) is 30.3 Å². The highest BCUT2D eigenvalue weighted by Crippen LogP contribution is 2.33. The average molecular weight is 287 g/mol. The first-order valence-corrected chi connectivity index (χ1v) is 6.11. The van der Waals surface area contributed by atoms with Gasteiger partial charge in [-0.15, -0.1) is 0 Å². The number of halogens is 3. The van der Waals surface area contributed by atoms with E-state index in [1.807, 2.05) is 0 Å². The molecule has 1 amide bonds. The zero-order valence-corrected chi connectivity index (χ0v) is 10.9. The molecular weight excluding hydrogens is 271 g/mol. The van der Waals surface area contributed by atoms with Crippen molar-refractivity contribution in [2.75, 3.05) is 6.54 Å². The van der Waals surface area contributed by atoms with E-state index < -0.39 is 23.8 Å². The second-order valence-corrected chi connectivity index (χ2v) is 4.35. The van der Waals surface area contributed by atoms with Crippen LogP contribution in [0, 0.1) is 0 Å². The molecule has 110 valence electrons. The number of benzene rings is 1. The lowest BCUT2D eigenvalue weighted by Gasteiger charge is -2.12. The number of carbonyl (C=O) groups is 1. The molecule has 2 N–H and O–H groups in total. The summed E-state index contributed by atoms with van der Waals surface area (Å²) < 4.78 is 38.8. The van der Waals surface area contributed by atoms with Gasteiger partial charge >= 0.3 is 6.18 Å². The number of hydrogen-bond donors (Lipinski definition) is 2. The van der Waals surface area contributed by atoms with E-state index in [1.165, 1.54) is 31.2 Å². The highest BCUT2D eigenvalue weighted by Gasteiger charge is 2.35. The Balaban J connectivity index is 2.84. The summed E-state index contributed by atoms with van der Waals surface area (Å²) in [6, 6.07) is 7.13. The van der Waals surface area contributed by atoms with Gasteiger partial charge in [0.15, 0.2) is 0 Å². The predicted molar refractivity (Wildman–Crippen MR) is 69.8 cm³/mol. The van der Waals surface area contributed by atoms with Gasteiger partial charge in [-0.25, -0.2) is 0 Å². The monoisotopic (exact) mass is 287 g/mol. The van der Waals surface area contributed by atoms with Crippen LogP contribution in [0.15, 0.2) is 36.4 Å². The van der Waals surface area contributed by atoms with Crippen molar-refractivity contribution in [3.05, 3.63) is 42.0 Å². The Kier molecular flexibility index (Phi) is 5.76. The third-order valence-corrected chi connectivity index (χ3v) is 2.53. The van der Waals surface area contributed by atoms with Crippen LogP contribution in [0.2, 0.25) is 0 Å². The van der Waals surface area contributed by atoms with Crippen molar-refractivity contribution in [3.8, 4) is 0 Å². The molecule has 0 aromatic heterocycles. The number of alkyl halides is 3. The molecule has 0 fully saturated rings. The molecule has 0 bridgehead atoms. The number of hydrogen-bond acceptors (Lipinski definition) is 2. The second kappa shape index (κ2) is 7.09. The summed E-state index contributed by atoms with van der Waals surface area (Å²) in [6.07, 6.45) is -4.40. The minimum Gasteiger partial charge on any atom is -0.393 e. The van der Waals surface area contributed by atoms with E-state index in [4.69, 9.17) is 5.11 Å². The van der Waals surface area contributed by atoms with Crippen LogP contribution in [0.25, 0.3) is 5.57 Å². The fraction of sp³-hybridized carbons (Fsp3) is 0.357. The van der Waals surface area contributed by atoms with Crippen molar-refractivity contribution in [2.24, 2.45) is 0 Å². The van der Waals surface area contributed by atoms with E-state index in [-0.39, 0.29) is 18.5 Å². The average Bonchev–Trinajstić information content (AvgIpc) is 2.35. The summed E-state index contributed by atoms with van der Waals surface area (Å²) in [5.41, 5.74) is -1.06. The number of aliphatic hydroxyl groups excluding tert-OH is 1. The van der Waals surface area contributed by atoms with Crippen LogP contribution in [0.4, 0.5) is 13.2 Å². The number of aliphatic hydroxyl groups is 1. The molecule has 0 aliphatic carbocycles. The molecule has 0 aliphatic heterocycles. The van der Waals surface area contributed by atoms with Crippen LogP contribution in [0.3, 0.4) is 0 Å². The molecule has 0 saturated heterocycles. The molecule has 0 spiro atoms. The quantitative estimate of drug-likeness (QED) is 0.818. The van der Waals surface area contributed by atoms with Crippen molar-refractivity contribution in [1.82, 2.24) is 5.32 Å². The van der Waals surface area contributed by atoms with Gasteiger partial charge in [0.05, 0.1) is 11.7 Å². The summed E-state index contributed by atoms with van der Waals surface area (Å²) in [7, 11) is 0. The number of nitrogens with one attached hydrogen (secondary N) is 1. The van der Waals surface area contributed by atoms with Crippen LogP contribution >= 0.6 is 0 Å². The van der Waals surface area contributed by atoms with Crippen molar-refractivity contribution in [3.63, 3.8) is 0 Å². The first-order valence-electron chi connectivity index (χ1n) is 6.11. The molecule has 0 aliphatic rings. The van der Waals surface area contributed by atoms with Crippen LogP contribution in [-0.4, -0.2) is 29.8 Å². The minimum absolute atomic E-state index is 0.0642. The molecular formula is C14H16F3NO2. The predicted octanol–water partition coefficient (Wildman–Crippen LogP) is 2.52. The van der Waals surface area contributed by atoms with Gasteiger partial charge in [-0.2, -0.15) is 13.2 Å². The van der Waals surface area contributed by atoms with Gasteiger partial charge in [-0.3, -0.25) is 4.79 Å². The first-order chi connectivity index (χ1) is 9.30. The molecule has 20 heavy (non-hydrogen) atoms. The highest BCUT2D eigenvalue weighted by molar-refractivity contribution is 5.96. The molecule has 3 nitrogen and oxygen atoms in total. The summed E-state index contributed by atoms with van der Waals surface area (Å²) in [5.74, 6) is -0.832. The zero-order valence-electron chi connectivity index (χ0n) is 10.9. The lowest BCUT2D eigenvalue weighted by atomic mass is 10.1. The number of allylic oxidation sites excluding steroid dienone is 1. The SMILES string of the molecule is CC(O)CCNC(=O)C=C(c1ccccc1)C(F)(F)F. The van der Waals surface area contributed by atoms with Crippen LogP contribution in [0.1, 0.15) is 18.9 Å². The van der Waals surface area contributed by atoms with E-state index >= 15 is 0 Å². The van der Waals surface area contributed by atoms with Gasteiger partial charge in [-0.05, 0) is 18.9 Å². The van der Waals surface area contributed by atoms with E-state index in [9.17, 15) is 18.0 Å². The van der Waals surface area contributed by atoms with Gasteiger partial charge < -0.3 is 10.4 Å². The molecule has 6 heteroatoms. The van der Waals surface area contributed by atoms with Crippen LogP contribution in [-0.2, 0) is 4.79 Å². The number of carbonyl (C=O) groups excluding carboxylic acids is 1. The van der Waals surface area contributed by atoms with Crippen molar-refractivity contribution in [1.29, 1.82) is 0 Å². The summed E-state index contributed by atoms with van der Waals surface area (Å²) >= 11 is 0. The Hall–Kier alpha value is -1.82. The van der Waals surface area contributed by atoms with Crippen LogP contribution < -0.4 is 5.32 Å². The lowest BCUT2D eigenvalue weighted by Crippen LogP contribution is -2.26. The maximum absolute atomic E-state index is 12.9. The summed E-state index contributed by atoms with van der Waals surface area (Å²) in [4.78, 5) is 11.5. The third kappa shape index (κ3) is 5.44. The Bertz CT molecular complexity index is 467. The Morgan fingerprint density at radius 3 is 2.45 bits per heavy atom. The second-order valence-electron chi connectivity index (χ2n) is 4.35. The van der Waals surface area contributed by atoms with E-state index in [0.29, 0.717) is 6.08 Å². The van der Waals surface area contributed by atoms with Crippen molar-refractivity contribution < 1.29 is 23.1 Å². The smallest absolute Gasteiger partial charge is 0.393 e. The minimum atomic E-state index is -4.61. The molecule has 0 heterocycles. The van der Waals surface area contributed by atoms with E-state index in [1.54, 1.807) is 6.07 Å².